The highest BCUT2D eigenvalue weighted by Gasteiger charge is 2.14. The van der Waals surface area contributed by atoms with Crippen molar-refractivity contribution in [1.29, 1.82) is 0 Å². The number of aryl methyl sites for hydroxylation is 1. The smallest absolute Gasteiger partial charge is 0.339 e. The third-order valence-corrected chi connectivity index (χ3v) is 3.61. The van der Waals surface area contributed by atoms with Gasteiger partial charge in [-0.05, 0) is 36.8 Å². The van der Waals surface area contributed by atoms with E-state index in [1.54, 1.807) is 24.3 Å². The van der Waals surface area contributed by atoms with Gasteiger partial charge in [0.25, 0.3) is 0 Å². The number of ether oxygens (including phenoxy) is 1. The van der Waals surface area contributed by atoms with Crippen molar-refractivity contribution in [3.05, 3.63) is 65.6 Å². The number of hydrogen-bond donors (Lipinski definition) is 1. The second-order valence-electron chi connectivity index (χ2n) is 5.46. The molecule has 2 heterocycles. The molecule has 0 radical (unpaired) electrons. The number of esters is 1. The number of carbonyl (C=O) groups is 2. The molecular weight excluding hydrogens is 306 g/mol. The van der Waals surface area contributed by atoms with Gasteiger partial charge >= 0.3 is 5.97 Å². The number of pyridine rings is 1. The molecule has 0 bridgehead atoms. The maximum atomic E-state index is 12.3. The minimum atomic E-state index is -0.492. The largest absolute Gasteiger partial charge is 0.465 e. The van der Waals surface area contributed by atoms with E-state index >= 15 is 0 Å². The number of nitrogens with zero attached hydrogens (tertiary/aromatic N) is 2. The molecule has 24 heavy (non-hydrogen) atoms. The van der Waals surface area contributed by atoms with Crippen LogP contribution in [-0.2, 0) is 16.0 Å². The predicted octanol–water partition coefficient (Wildman–Crippen LogP) is 2.61. The van der Waals surface area contributed by atoms with Gasteiger partial charge in [0, 0.05) is 12.4 Å². The molecule has 0 spiro atoms. The van der Waals surface area contributed by atoms with Gasteiger partial charge in [-0.2, -0.15) is 0 Å². The summed E-state index contributed by atoms with van der Waals surface area (Å²) < 4.78 is 6.59. The third kappa shape index (κ3) is 3.27. The summed E-state index contributed by atoms with van der Waals surface area (Å²) in [6.07, 6.45) is 3.85. The van der Waals surface area contributed by atoms with Gasteiger partial charge in [-0.3, -0.25) is 4.79 Å². The minimum Gasteiger partial charge on any atom is -0.465 e. The number of fused-ring (bicyclic) bond motifs is 1. The average Bonchev–Trinajstić information content (AvgIpc) is 2.95. The highest BCUT2D eigenvalue weighted by Crippen LogP contribution is 2.16. The van der Waals surface area contributed by atoms with Crippen LogP contribution in [0.4, 0.5) is 5.69 Å². The molecule has 0 aliphatic rings. The zero-order valence-electron chi connectivity index (χ0n) is 13.4. The average molecular weight is 323 g/mol. The molecule has 2 aromatic heterocycles. The number of anilines is 1. The Hall–Kier alpha value is -3.15. The van der Waals surface area contributed by atoms with Gasteiger partial charge in [0.05, 0.1) is 30.5 Å². The van der Waals surface area contributed by atoms with Gasteiger partial charge in [0.1, 0.15) is 5.65 Å². The summed E-state index contributed by atoms with van der Waals surface area (Å²) in [6, 6.07) is 10.7. The summed E-state index contributed by atoms with van der Waals surface area (Å²) >= 11 is 0. The normalized spacial score (nSPS) is 10.6. The first-order valence-electron chi connectivity index (χ1n) is 7.48. The summed E-state index contributed by atoms with van der Waals surface area (Å²) in [5, 5.41) is 2.74. The van der Waals surface area contributed by atoms with E-state index in [9.17, 15) is 9.59 Å². The van der Waals surface area contributed by atoms with Gasteiger partial charge in [0.15, 0.2) is 0 Å². The molecule has 1 amide bonds. The molecule has 6 nitrogen and oxygen atoms in total. The number of nitrogens with one attached hydrogen (secondary N) is 1. The van der Waals surface area contributed by atoms with Gasteiger partial charge < -0.3 is 14.5 Å². The lowest BCUT2D eigenvalue weighted by Crippen LogP contribution is -2.17. The molecule has 0 aliphatic heterocycles. The van der Waals surface area contributed by atoms with Crippen LogP contribution in [0.15, 0.2) is 48.8 Å². The highest BCUT2D eigenvalue weighted by molar-refractivity contribution is 6.01. The maximum Gasteiger partial charge on any atom is 0.339 e. The molecule has 1 aromatic carbocycles. The lowest BCUT2D eigenvalue weighted by atomic mass is 10.1. The van der Waals surface area contributed by atoms with E-state index in [0.717, 1.165) is 11.2 Å². The van der Waals surface area contributed by atoms with Crippen molar-refractivity contribution in [1.82, 2.24) is 9.38 Å². The number of aromatic nitrogens is 2. The van der Waals surface area contributed by atoms with E-state index in [1.807, 2.05) is 35.9 Å². The number of amides is 1. The van der Waals surface area contributed by atoms with Crippen LogP contribution in [-0.4, -0.2) is 28.4 Å². The fraction of sp³-hybridized carbons (Fsp3) is 0.167. The Kier molecular flexibility index (Phi) is 4.29. The number of benzene rings is 1. The topological polar surface area (TPSA) is 72.7 Å². The van der Waals surface area contributed by atoms with Crippen LogP contribution in [0, 0.1) is 6.92 Å². The fourth-order valence-electron chi connectivity index (χ4n) is 2.46. The Morgan fingerprint density at radius 3 is 2.83 bits per heavy atom. The summed E-state index contributed by atoms with van der Waals surface area (Å²) in [7, 11) is 1.31. The first-order valence-corrected chi connectivity index (χ1v) is 7.48. The molecule has 0 saturated heterocycles. The molecule has 0 unspecified atom stereocenters. The second-order valence-corrected chi connectivity index (χ2v) is 5.46. The van der Waals surface area contributed by atoms with Gasteiger partial charge in [-0.1, -0.05) is 12.1 Å². The van der Waals surface area contributed by atoms with E-state index in [-0.39, 0.29) is 12.3 Å². The van der Waals surface area contributed by atoms with Crippen LogP contribution < -0.4 is 5.32 Å². The van der Waals surface area contributed by atoms with Crippen molar-refractivity contribution < 1.29 is 14.3 Å². The van der Waals surface area contributed by atoms with Crippen LogP contribution in [0.5, 0.6) is 0 Å². The molecule has 3 rings (SSSR count). The molecular formula is C18H17N3O3. The number of imidazole rings is 1. The molecule has 0 fully saturated rings. The van der Waals surface area contributed by atoms with Crippen LogP contribution in [0.3, 0.4) is 0 Å². The molecule has 6 heteroatoms. The van der Waals surface area contributed by atoms with E-state index < -0.39 is 5.97 Å². The first kappa shape index (κ1) is 15.7. The number of hydrogen-bond acceptors (Lipinski definition) is 4. The van der Waals surface area contributed by atoms with Gasteiger partial charge in [-0.15, -0.1) is 0 Å². The molecule has 1 N–H and O–H groups in total. The van der Waals surface area contributed by atoms with E-state index in [4.69, 9.17) is 4.74 Å². The molecule has 122 valence electrons. The fourth-order valence-corrected chi connectivity index (χ4v) is 2.46. The lowest BCUT2D eigenvalue weighted by Gasteiger charge is -2.08. The van der Waals surface area contributed by atoms with E-state index in [2.05, 4.69) is 10.3 Å². The van der Waals surface area contributed by atoms with E-state index in [1.165, 1.54) is 7.11 Å². The second kappa shape index (κ2) is 6.54. The Labute approximate surface area is 139 Å². The summed E-state index contributed by atoms with van der Waals surface area (Å²) in [4.78, 5) is 28.4. The van der Waals surface area contributed by atoms with Crippen LogP contribution in [0.1, 0.15) is 21.6 Å². The summed E-state index contributed by atoms with van der Waals surface area (Å²) in [5.74, 6) is -0.736. The minimum absolute atomic E-state index is 0.121. The summed E-state index contributed by atoms with van der Waals surface area (Å²) in [5.41, 5.74) is 3.31. The van der Waals surface area contributed by atoms with Crippen LogP contribution in [0.2, 0.25) is 0 Å². The molecule has 3 aromatic rings. The number of carbonyl (C=O) groups excluding carboxylic acids is 2. The monoisotopic (exact) mass is 323 g/mol. The quantitative estimate of drug-likeness (QED) is 0.749. The van der Waals surface area contributed by atoms with Crippen molar-refractivity contribution in [3.63, 3.8) is 0 Å². The number of methoxy groups -OCH3 is 1. The SMILES string of the molecule is COC(=O)c1ccccc1NC(=O)Cc1cn2ccc(C)cc2n1. The Bertz CT molecular complexity index is 915. The Morgan fingerprint density at radius 1 is 1.25 bits per heavy atom. The van der Waals surface area contributed by atoms with Crippen molar-refractivity contribution in [2.75, 3.05) is 12.4 Å². The van der Waals surface area contributed by atoms with Crippen LogP contribution in [0.25, 0.3) is 5.65 Å². The molecule has 0 aliphatic carbocycles. The first-order chi connectivity index (χ1) is 11.6. The Balaban J connectivity index is 1.77. The third-order valence-electron chi connectivity index (χ3n) is 3.61. The van der Waals surface area contributed by atoms with Crippen molar-refractivity contribution in [3.8, 4) is 0 Å². The number of para-hydroxylation sites is 1. The van der Waals surface area contributed by atoms with E-state index in [0.29, 0.717) is 16.9 Å². The lowest BCUT2D eigenvalue weighted by molar-refractivity contribution is -0.115. The van der Waals surface area contributed by atoms with Crippen LogP contribution >= 0.6 is 0 Å². The van der Waals surface area contributed by atoms with Gasteiger partial charge in [-0.25, -0.2) is 9.78 Å². The van der Waals surface area contributed by atoms with Crippen molar-refractivity contribution in [2.45, 2.75) is 13.3 Å². The standard InChI is InChI=1S/C18H17N3O3/c1-12-7-8-21-11-13(19-16(21)9-12)10-17(22)20-15-6-4-3-5-14(15)18(23)24-2/h3-9,11H,10H2,1-2H3,(H,20,22). The predicted molar refractivity (Wildman–Crippen MR) is 90.0 cm³/mol. The van der Waals surface area contributed by atoms with Crippen molar-refractivity contribution >= 4 is 23.2 Å². The number of rotatable bonds is 4. The zero-order valence-corrected chi connectivity index (χ0v) is 13.4. The zero-order chi connectivity index (χ0) is 17.1. The molecule has 0 saturated carbocycles. The maximum absolute atomic E-state index is 12.3. The Morgan fingerprint density at radius 2 is 2.04 bits per heavy atom. The van der Waals surface area contributed by atoms with Crippen molar-refractivity contribution in [2.24, 2.45) is 0 Å². The molecule has 0 atom stereocenters. The summed E-state index contributed by atoms with van der Waals surface area (Å²) in [6.45, 7) is 1.99. The highest BCUT2D eigenvalue weighted by atomic mass is 16.5. The van der Waals surface area contributed by atoms with Gasteiger partial charge in [0.2, 0.25) is 5.91 Å².